The summed E-state index contributed by atoms with van der Waals surface area (Å²) in [4.78, 5) is 1.36. The predicted octanol–water partition coefficient (Wildman–Crippen LogP) is 2.43. The SMILES string of the molecule is CCCCCC[n+]1ccc(C2=[N+](C)c3ccccc3[NH+]2C)cc1. The predicted molar refractivity (Wildman–Crippen MR) is 93.7 cm³/mol. The standard InChI is InChI=1S/C20H27N3/c1-4-5-6-9-14-23-15-12-17(13-16-23)20-21(2)18-10-7-8-11-19(18)22(20)3/h7-8,10-13,15-16H,4-6,9,14H2,1-3H3/q+2/p+1. The van der Waals surface area contributed by atoms with Crippen LogP contribution in [0.4, 0.5) is 11.4 Å². The first kappa shape index (κ1) is 15.9. The van der Waals surface area contributed by atoms with Crippen molar-refractivity contribution in [1.29, 1.82) is 0 Å². The molecule has 23 heavy (non-hydrogen) atoms. The number of hydrogen-bond acceptors (Lipinski definition) is 0. The van der Waals surface area contributed by atoms with E-state index in [9.17, 15) is 0 Å². The van der Waals surface area contributed by atoms with Crippen molar-refractivity contribution in [2.45, 2.75) is 39.2 Å². The van der Waals surface area contributed by atoms with Crippen molar-refractivity contribution >= 4 is 17.2 Å². The van der Waals surface area contributed by atoms with Crippen molar-refractivity contribution < 1.29 is 14.0 Å². The second-order valence-electron chi connectivity index (χ2n) is 6.44. The second-order valence-corrected chi connectivity index (χ2v) is 6.44. The van der Waals surface area contributed by atoms with Gasteiger partial charge in [0.1, 0.15) is 19.2 Å². The Balaban J connectivity index is 1.77. The van der Waals surface area contributed by atoms with Crippen molar-refractivity contribution in [3.8, 4) is 0 Å². The molecule has 0 saturated heterocycles. The normalized spacial score (nSPS) is 16.7. The number of pyridine rings is 1. The summed E-state index contributed by atoms with van der Waals surface area (Å²) in [6.07, 6.45) is 9.67. The van der Waals surface area contributed by atoms with Crippen LogP contribution in [0.1, 0.15) is 38.2 Å². The van der Waals surface area contributed by atoms with Crippen molar-refractivity contribution in [2.75, 3.05) is 14.1 Å². The van der Waals surface area contributed by atoms with E-state index in [4.69, 9.17) is 0 Å². The van der Waals surface area contributed by atoms with E-state index in [0.717, 1.165) is 6.54 Å². The molecule has 1 aromatic heterocycles. The molecule has 0 amide bonds. The minimum atomic E-state index is 1.12. The van der Waals surface area contributed by atoms with E-state index < -0.39 is 0 Å². The van der Waals surface area contributed by atoms with Crippen LogP contribution in [0.25, 0.3) is 0 Å². The van der Waals surface area contributed by atoms with Gasteiger partial charge < -0.3 is 0 Å². The van der Waals surface area contributed by atoms with E-state index in [1.54, 1.807) is 0 Å². The third-order valence-electron chi connectivity index (χ3n) is 4.79. The summed E-state index contributed by atoms with van der Waals surface area (Å²) in [6.45, 7) is 3.38. The molecule has 1 unspecified atom stereocenters. The van der Waals surface area contributed by atoms with Gasteiger partial charge in [-0.2, -0.15) is 0 Å². The maximum atomic E-state index is 2.31. The highest BCUT2D eigenvalue weighted by molar-refractivity contribution is 5.92. The fourth-order valence-corrected chi connectivity index (χ4v) is 3.48. The van der Waals surface area contributed by atoms with E-state index in [-0.39, 0.29) is 0 Å². The Morgan fingerprint density at radius 2 is 1.70 bits per heavy atom. The Labute approximate surface area is 139 Å². The molecule has 1 atom stereocenters. The summed E-state index contributed by atoms with van der Waals surface area (Å²) in [6, 6.07) is 13.1. The summed E-state index contributed by atoms with van der Waals surface area (Å²) in [5, 5.41) is 0. The number of fused-ring (bicyclic) bond motifs is 1. The lowest BCUT2D eigenvalue weighted by Crippen LogP contribution is -3.06. The highest BCUT2D eigenvalue weighted by Crippen LogP contribution is 2.24. The quantitative estimate of drug-likeness (QED) is 0.621. The van der Waals surface area contributed by atoms with E-state index in [1.165, 1.54) is 53.4 Å². The molecule has 0 aliphatic carbocycles. The first-order valence-corrected chi connectivity index (χ1v) is 8.76. The van der Waals surface area contributed by atoms with Gasteiger partial charge in [0.05, 0.1) is 7.05 Å². The van der Waals surface area contributed by atoms with Gasteiger partial charge in [0.2, 0.25) is 5.69 Å². The third kappa shape index (κ3) is 3.20. The summed E-state index contributed by atoms with van der Waals surface area (Å²) in [5.41, 5.74) is 3.95. The number of nitrogens with one attached hydrogen (secondary N) is 1. The number of quaternary nitrogens is 1. The molecule has 120 valence electrons. The average Bonchev–Trinajstić information content (AvgIpc) is 2.84. The van der Waals surface area contributed by atoms with Crippen LogP contribution in [0, 0.1) is 0 Å². The smallest absolute Gasteiger partial charge is 0.211 e. The van der Waals surface area contributed by atoms with Crippen LogP contribution >= 0.6 is 0 Å². The number of hydrogen-bond donors (Lipinski definition) is 1. The zero-order chi connectivity index (χ0) is 16.2. The molecule has 0 fully saturated rings. The van der Waals surface area contributed by atoms with E-state index in [1.807, 2.05) is 0 Å². The van der Waals surface area contributed by atoms with E-state index >= 15 is 0 Å². The monoisotopic (exact) mass is 310 g/mol. The molecule has 1 N–H and O–H groups in total. The number of amidine groups is 1. The van der Waals surface area contributed by atoms with Crippen LogP contribution in [-0.2, 0) is 6.54 Å². The number of benzene rings is 1. The van der Waals surface area contributed by atoms with Gasteiger partial charge in [-0.15, -0.1) is 4.58 Å². The molecule has 2 heterocycles. The van der Waals surface area contributed by atoms with E-state index in [0.29, 0.717) is 0 Å². The summed E-state index contributed by atoms with van der Waals surface area (Å²) in [7, 11) is 4.39. The number of aryl methyl sites for hydroxylation is 1. The molecule has 3 heteroatoms. The highest BCUT2D eigenvalue weighted by Gasteiger charge is 2.38. The molecule has 1 aliphatic rings. The van der Waals surface area contributed by atoms with Gasteiger partial charge in [0.15, 0.2) is 12.4 Å². The Bertz CT molecular complexity index is 701. The van der Waals surface area contributed by atoms with Crippen LogP contribution in [0.5, 0.6) is 0 Å². The molecule has 0 bridgehead atoms. The Hall–Kier alpha value is -2.00. The second kappa shape index (κ2) is 7.05. The van der Waals surface area contributed by atoms with Crippen molar-refractivity contribution in [1.82, 2.24) is 0 Å². The molecular formula is C20H28N3+3. The number of unbranched alkanes of at least 4 members (excludes halogenated alkanes) is 3. The van der Waals surface area contributed by atoms with Gasteiger partial charge >= 0.3 is 5.84 Å². The zero-order valence-corrected chi connectivity index (χ0v) is 14.5. The molecular weight excluding hydrogens is 282 g/mol. The molecule has 0 saturated carbocycles. The number of rotatable bonds is 6. The fourth-order valence-electron chi connectivity index (χ4n) is 3.48. The number of nitrogens with zero attached hydrogens (tertiary/aromatic N) is 2. The van der Waals surface area contributed by atoms with Crippen LogP contribution in [0.2, 0.25) is 0 Å². The van der Waals surface area contributed by atoms with E-state index in [2.05, 4.69) is 79.0 Å². The first-order valence-electron chi connectivity index (χ1n) is 8.76. The molecule has 1 aromatic carbocycles. The molecule has 2 aromatic rings. The number of aromatic nitrogens is 1. The summed E-state index contributed by atoms with van der Waals surface area (Å²) < 4.78 is 4.61. The van der Waals surface area contributed by atoms with Gasteiger partial charge in [-0.1, -0.05) is 31.9 Å². The fraction of sp³-hybridized carbons (Fsp3) is 0.400. The molecule has 1 aliphatic heterocycles. The maximum Gasteiger partial charge on any atom is 0.380 e. The van der Waals surface area contributed by atoms with Crippen LogP contribution in [0.15, 0.2) is 48.8 Å². The van der Waals surface area contributed by atoms with Crippen molar-refractivity contribution in [3.63, 3.8) is 0 Å². The highest BCUT2D eigenvalue weighted by atomic mass is 15.3. The number of para-hydroxylation sites is 2. The Morgan fingerprint density at radius 3 is 2.39 bits per heavy atom. The van der Waals surface area contributed by atoms with Crippen LogP contribution < -0.4 is 9.47 Å². The van der Waals surface area contributed by atoms with Crippen LogP contribution in [0.3, 0.4) is 0 Å². The minimum absolute atomic E-state index is 1.12. The lowest BCUT2D eigenvalue weighted by atomic mass is 10.2. The third-order valence-corrected chi connectivity index (χ3v) is 4.79. The van der Waals surface area contributed by atoms with Gasteiger partial charge in [0, 0.05) is 30.7 Å². The summed E-state index contributed by atoms with van der Waals surface area (Å²) in [5.74, 6) is 1.32. The van der Waals surface area contributed by atoms with Gasteiger partial charge in [-0.3, -0.25) is 0 Å². The van der Waals surface area contributed by atoms with Gasteiger partial charge in [-0.25, -0.2) is 9.47 Å². The Kier molecular flexibility index (Phi) is 4.87. The molecule has 3 nitrogen and oxygen atoms in total. The van der Waals surface area contributed by atoms with Crippen molar-refractivity contribution in [3.05, 3.63) is 54.4 Å². The minimum Gasteiger partial charge on any atom is -0.211 e. The van der Waals surface area contributed by atoms with Crippen LogP contribution in [-0.4, -0.2) is 24.5 Å². The topological polar surface area (TPSA) is 11.3 Å². The maximum absolute atomic E-state index is 2.31. The van der Waals surface area contributed by atoms with Crippen molar-refractivity contribution in [2.24, 2.45) is 0 Å². The summed E-state index contributed by atoms with van der Waals surface area (Å²) >= 11 is 0. The van der Waals surface area contributed by atoms with Gasteiger partial charge in [-0.05, 0) is 6.42 Å². The average molecular weight is 310 g/mol. The van der Waals surface area contributed by atoms with Gasteiger partial charge in [0.25, 0.3) is 5.69 Å². The molecule has 0 spiro atoms. The Morgan fingerprint density at radius 1 is 0.957 bits per heavy atom. The largest absolute Gasteiger partial charge is 0.380 e. The molecule has 3 rings (SSSR count). The molecule has 0 radical (unpaired) electrons. The first-order chi connectivity index (χ1) is 11.2. The lowest BCUT2D eigenvalue weighted by molar-refractivity contribution is -0.717. The zero-order valence-electron chi connectivity index (χ0n) is 14.5. The lowest BCUT2D eigenvalue weighted by Gasteiger charge is -2.04.